The van der Waals surface area contributed by atoms with Crippen molar-refractivity contribution in [3.63, 3.8) is 0 Å². The molecule has 1 heterocycles. The third-order valence-electron chi connectivity index (χ3n) is 3.29. The first-order chi connectivity index (χ1) is 7.88. The van der Waals surface area contributed by atoms with E-state index in [0.29, 0.717) is 0 Å². The number of aromatic nitrogens is 2. The molecule has 3 heteroatoms. The molecule has 2 rings (SSSR count). The summed E-state index contributed by atoms with van der Waals surface area (Å²) in [6.45, 7) is 8.55. The third-order valence-corrected chi connectivity index (χ3v) is 3.29. The van der Waals surface area contributed by atoms with Crippen molar-refractivity contribution in [1.82, 2.24) is 9.97 Å². The molecule has 0 bridgehead atoms. The van der Waals surface area contributed by atoms with E-state index < -0.39 is 0 Å². The zero-order chi connectivity index (χ0) is 12.6. The first kappa shape index (κ1) is 12.1. The molecule has 3 nitrogen and oxygen atoms in total. The quantitative estimate of drug-likeness (QED) is 0.835. The predicted molar refractivity (Wildman–Crippen MR) is 72.0 cm³/mol. The standard InChI is InChI=1S/C14H21N3/c1-9-6-5-7-10-13(9)17-12(16-10)8-11(15)14(2,3)4/h5-7,11H,8,15H2,1-4H3,(H,16,17). The molecule has 0 aliphatic rings. The van der Waals surface area contributed by atoms with E-state index in [4.69, 9.17) is 5.73 Å². The number of nitrogens with zero attached hydrogens (tertiary/aromatic N) is 1. The number of H-pyrrole nitrogens is 1. The minimum Gasteiger partial charge on any atom is -0.342 e. The Labute approximate surface area is 102 Å². The van der Waals surface area contributed by atoms with Crippen LogP contribution in [0.25, 0.3) is 11.0 Å². The van der Waals surface area contributed by atoms with Gasteiger partial charge in [-0.3, -0.25) is 0 Å². The number of aryl methyl sites for hydroxylation is 1. The Bertz CT molecular complexity index is 520. The summed E-state index contributed by atoms with van der Waals surface area (Å²) in [5.41, 5.74) is 9.65. The number of benzene rings is 1. The molecule has 0 radical (unpaired) electrons. The fourth-order valence-corrected chi connectivity index (χ4v) is 1.84. The summed E-state index contributed by atoms with van der Waals surface area (Å²) in [7, 11) is 0. The maximum atomic E-state index is 6.18. The summed E-state index contributed by atoms with van der Waals surface area (Å²) in [4.78, 5) is 7.98. The maximum absolute atomic E-state index is 6.18. The predicted octanol–water partition coefficient (Wildman–Crippen LogP) is 2.79. The van der Waals surface area contributed by atoms with Gasteiger partial charge in [0.1, 0.15) is 5.82 Å². The minimum absolute atomic E-state index is 0.105. The molecule has 0 aliphatic carbocycles. The van der Waals surface area contributed by atoms with Gasteiger partial charge in [-0.05, 0) is 24.0 Å². The lowest BCUT2D eigenvalue weighted by Gasteiger charge is -2.26. The van der Waals surface area contributed by atoms with Crippen molar-refractivity contribution in [2.45, 2.75) is 40.2 Å². The highest BCUT2D eigenvalue weighted by atomic mass is 14.9. The second-order valence-electron chi connectivity index (χ2n) is 5.83. The Morgan fingerprint density at radius 3 is 2.65 bits per heavy atom. The van der Waals surface area contributed by atoms with E-state index in [9.17, 15) is 0 Å². The van der Waals surface area contributed by atoms with Gasteiger partial charge < -0.3 is 10.7 Å². The summed E-state index contributed by atoms with van der Waals surface area (Å²) in [5, 5.41) is 0. The van der Waals surface area contributed by atoms with Crippen LogP contribution in [-0.4, -0.2) is 16.0 Å². The van der Waals surface area contributed by atoms with Crippen molar-refractivity contribution in [3.05, 3.63) is 29.6 Å². The Balaban J connectivity index is 2.29. The molecule has 3 N–H and O–H groups in total. The molecule has 2 aromatic rings. The van der Waals surface area contributed by atoms with E-state index in [-0.39, 0.29) is 11.5 Å². The van der Waals surface area contributed by atoms with Crippen LogP contribution in [0.15, 0.2) is 18.2 Å². The SMILES string of the molecule is Cc1cccc2[nH]c(CC(N)C(C)(C)C)nc12. The summed E-state index contributed by atoms with van der Waals surface area (Å²) >= 11 is 0. The molecule has 1 aromatic carbocycles. The normalized spacial score (nSPS) is 14.2. The average Bonchev–Trinajstić information content (AvgIpc) is 2.60. The smallest absolute Gasteiger partial charge is 0.108 e. The number of aromatic amines is 1. The fraction of sp³-hybridized carbons (Fsp3) is 0.500. The molecule has 17 heavy (non-hydrogen) atoms. The highest BCUT2D eigenvalue weighted by Gasteiger charge is 2.22. The van der Waals surface area contributed by atoms with Gasteiger partial charge in [0.15, 0.2) is 0 Å². The lowest BCUT2D eigenvalue weighted by molar-refractivity contribution is 0.315. The number of nitrogens with one attached hydrogen (secondary N) is 1. The number of rotatable bonds is 2. The van der Waals surface area contributed by atoms with Gasteiger partial charge in [0, 0.05) is 12.5 Å². The molecule has 92 valence electrons. The summed E-state index contributed by atoms with van der Waals surface area (Å²) in [6, 6.07) is 6.30. The molecule has 0 amide bonds. The molecule has 0 saturated carbocycles. The second-order valence-corrected chi connectivity index (χ2v) is 5.83. The Kier molecular flexibility index (Phi) is 2.96. The van der Waals surface area contributed by atoms with E-state index in [2.05, 4.69) is 49.8 Å². The topological polar surface area (TPSA) is 54.7 Å². The second kappa shape index (κ2) is 4.15. The van der Waals surface area contributed by atoms with Gasteiger partial charge in [-0.25, -0.2) is 4.98 Å². The van der Waals surface area contributed by atoms with Gasteiger partial charge in [0.05, 0.1) is 11.0 Å². The molecule has 1 aromatic heterocycles. The van der Waals surface area contributed by atoms with Crippen molar-refractivity contribution in [2.75, 3.05) is 0 Å². The molecule has 1 unspecified atom stereocenters. The summed E-state index contributed by atoms with van der Waals surface area (Å²) in [6.07, 6.45) is 0.789. The van der Waals surface area contributed by atoms with Crippen LogP contribution >= 0.6 is 0 Å². The van der Waals surface area contributed by atoms with Gasteiger partial charge >= 0.3 is 0 Å². The molecular weight excluding hydrogens is 210 g/mol. The molecule has 0 saturated heterocycles. The summed E-state index contributed by atoms with van der Waals surface area (Å²) in [5.74, 6) is 0.983. The monoisotopic (exact) mass is 231 g/mol. The Hall–Kier alpha value is -1.35. The van der Waals surface area contributed by atoms with Crippen LogP contribution in [0.2, 0.25) is 0 Å². The van der Waals surface area contributed by atoms with Crippen LogP contribution in [-0.2, 0) is 6.42 Å². The Morgan fingerprint density at radius 1 is 1.35 bits per heavy atom. The van der Waals surface area contributed by atoms with Crippen LogP contribution < -0.4 is 5.73 Å². The van der Waals surface area contributed by atoms with Crippen molar-refractivity contribution in [3.8, 4) is 0 Å². The van der Waals surface area contributed by atoms with Crippen LogP contribution in [0.4, 0.5) is 0 Å². The molecule has 1 atom stereocenters. The number of hydrogen-bond donors (Lipinski definition) is 2. The van der Waals surface area contributed by atoms with Crippen molar-refractivity contribution < 1.29 is 0 Å². The van der Waals surface area contributed by atoms with Crippen molar-refractivity contribution >= 4 is 11.0 Å². The minimum atomic E-state index is 0.105. The average molecular weight is 231 g/mol. The largest absolute Gasteiger partial charge is 0.342 e. The first-order valence-electron chi connectivity index (χ1n) is 6.08. The van der Waals surface area contributed by atoms with E-state index in [1.807, 2.05) is 6.07 Å². The number of imidazole rings is 1. The van der Waals surface area contributed by atoms with Gasteiger partial charge in [0.25, 0.3) is 0 Å². The zero-order valence-corrected chi connectivity index (χ0v) is 11.0. The number of hydrogen-bond acceptors (Lipinski definition) is 2. The molecular formula is C14H21N3. The third kappa shape index (κ3) is 2.50. The fourth-order valence-electron chi connectivity index (χ4n) is 1.84. The lowest BCUT2D eigenvalue weighted by atomic mass is 9.85. The maximum Gasteiger partial charge on any atom is 0.108 e. The van der Waals surface area contributed by atoms with Crippen LogP contribution in [0.5, 0.6) is 0 Å². The van der Waals surface area contributed by atoms with E-state index in [1.54, 1.807) is 0 Å². The van der Waals surface area contributed by atoms with Gasteiger partial charge in [-0.1, -0.05) is 32.9 Å². The van der Waals surface area contributed by atoms with E-state index >= 15 is 0 Å². The molecule has 0 spiro atoms. The molecule has 0 fully saturated rings. The van der Waals surface area contributed by atoms with Crippen molar-refractivity contribution in [2.24, 2.45) is 11.1 Å². The van der Waals surface area contributed by atoms with E-state index in [0.717, 1.165) is 23.3 Å². The number of para-hydroxylation sites is 1. The lowest BCUT2D eigenvalue weighted by Crippen LogP contribution is -2.37. The highest BCUT2D eigenvalue weighted by molar-refractivity contribution is 5.78. The Morgan fingerprint density at radius 2 is 2.06 bits per heavy atom. The molecule has 0 aliphatic heterocycles. The van der Waals surface area contributed by atoms with Crippen LogP contribution in [0.1, 0.15) is 32.2 Å². The zero-order valence-electron chi connectivity index (χ0n) is 11.0. The van der Waals surface area contributed by atoms with Crippen LogP contribution in [0.3, 0.4) is 0 Å². The number of fused-ring (bicyclic) bond motifs is 1. The van der Waals surface area contributed by atoms with Crippen molar-refractivity contribution in [1.29, 1.82) is 0 Å². The number of nitrogens with two attached hydrogens (primary N) is 1. The van der Waals surface area contributed by atoms with Gasteiger partial charge in [0.2, 0.25) is 0 Å². The highest BCUT2D eigenvalue weighted by Crippen LogP contribution is 2.21. The van der Waals surface area contributed by atoms with E-state index in [1.165, 1.54) is 5.56 Å². The first-order valence-corrected chi connectivity index (χ1v) is 6.08. The van der Waals surface area contributed by atoms with Crippen LogP contribution in [0, 0.1) is 12.3 Å². The van der Waals surface area contributed by atoms with Gasteiger partial charge in [-0.15, -0.1) is 0 Å². The van der Waals surface area contributed by atoms with Gasteiger partial charge in [-0.2, -0.15) is 0 Å². The summed E-state index contributed by atoms with van der Waals surface area (Å²) < 4.78 is 0.